The second kappa shape index (κ2) is 9.57. The highest BCUT2D eigenvalue weighted by atomic mass is 16.5. The van der Waals surface area contributed by atoms with Gasteiger partial charge in [0, 0.05) is 7.11 Å². The number of guanidine groups is 1. The minimum atomic E-state index is -1.13. The molecule has 0 atom stereocenters. The normalized spacial score (nSPS) is 14.7. The molecule has 5 heteroatoms. The summed E-state index contributed by atoms with van der Waals surface area (Å²) in [6.07, 6.45) is 0. The van der Waals surface area contributed by atoms with Gasteiger partial charge in [0.25, 0.3) is 5.91 Å². The highest BCUT2D eigenvalue weighted by Crippen LogP contribution is 2.36. The smallest absolute Gasteiger partial charge is 0.264 e. The van der Waals surface area contributed by atoms with Crippen molar-refractivity contribution in [2.24, 2.45) is 0 Å². The summed E-state index contributed by atoms with van der Waals surface area (Å²) in [5, 5.41) is 11.9. The van der Waals surface area contributed by atoms with Crippen LogP contribution < -0.4 is 5.32 Å². The van der Waals surface area contributed by atoms with Crippen molar-refractivity contribution in [3.05, 3.63) is 131 Å². The summed E-state index contributed by atoms with van der Waals surface area (Å²) in [6, 6.07) is 35.6. The molecule has 1 saturated heterocycles. The Labute approximate surface area is 205 Å². The third kappa shape index (κ3) is 4.22. The zero-order chi connectivity index (χ0) is 24.3. The third-order valence-electron chi connectivity index (χ3n) is 6.39. The molecule has 0 radical (unpaired) electrons. The Morgan fingerprint density at radius 1 is 0.771 bits per heavy atom. The van der Waals surface area contributed by atoms with Crippen LogP contribution in [0.25, 0.3) is 11.1 Å². The molecular weight excluding hydrogens is 434 g/mol. The standard InChI is InChI=1S/C30H27N3O2/c1-35-21-23-11-9-13-25(19-23)24-12-8-10-22(18-24)20-33-28(34)30(32-29(33)31,26-14-4-2-5-15-26)27-16-6-3-7-17-27/h2-19H,20-21H2,1H3,(H2,31,32). The molecule has 4 aromatic carbocycles. The first-order valence-corrected chi connectivity index (χ1v) is 11.6. The van der Waals surface area contributed by atoms with Gasteiger partial charge in [-0.25, -0.2) is 0 Å². The number of nitrogens with zero attached hydrogens (tertiary/aromatic N) is 1. The fraction of sp³-hybridized carbons (Fsp3) is 0.133. The maximum Gasteiger partial charge on any atom is 0.264 e. The first-order valence-electron chi connectivity index (χ1n) is 11.6. The van der Waals surface area contributed by atoms with Crippen molar-refractivity contribution >= 4 is 11.9 Å². The molecule has 1 aliphatic rings. The zero-order valence-corrected chi connectivity index (χ0v) is 19.6. The van der Waals surface area contributed by atoms with Gasteiger partial charge in [0.15, 0.2) is 11.5 Å². The van der Waals surface area contributed by atoms with E-state index >= 15 is 0 Å². The van der Waals surface area contributed by atoms with E-state index in [9.17, 15) is 4.79 Å². The number of carbonyl (C=O) groups is 1. The van der Waals surface area contributed by atoms with Crippen LogP contribution in [0.3, 0.4) is 0 Å². The van der Waals surface area contributed by atoms with Crippen LogP contribution in [-0.2, 0) is 28.2 Å². The van der Waals surface area contributed by atoms with Crippen molar-refractivity contribution in [2.45, 2.75) is 18.7 Å². The number of carbonyl (C=O) groups excluding carboxylic acids is 1. The van der Waals surface area contributed by atoms with Gasteiger partial charge in [-0.2, -0.15) is 0 Å². The van der Waals surface area contributed by atoms with E-state index in [0.29, 0.717) is 13.2 Å². The zero-order valence-electron chi connectivity index (χ0n) is 19.6. The van der Waals surface area contributed by atoms with Gasteiger partial charge >= 0.3 is 0 Å². The SMILES string of the molecule is COCc1cccc(-c2cccc(CN3C(=N)NC(c4ccccc4)(c4ccccc4)C3=O)c2)c1. The summed E-state index contributed by atoms with van der Waals surface area (Å²) in [4.78, 5) is 15.6. The summed E-state index contributed by atoms with van der Waals surface area (Å²) < 4.78 is 5.27. The van der Waals surface area contributed by atoms with Gasteiger partial charge < -0.3 is 10.1 Å². The number of benzene rings is 4. The van der Waals surface area contributed by atoms with E-state index in [1.807, 2.05) is 84.9 Å². The maximum absolute atomic E-state index is 14.0. The monoisotopic (exact) mass is 461 g/mol. The number of ether oxygens (including phenoxy) is 1. The van der Waals surface area contributed by atoms with Crippen molar-refractivity contribution in [1.29, 1.82) is 5.41 Å². The number of hydrogen-bond donors (Lipinski definition) is 2. The van der Waals surface area contributed by atoms with Gasteiger partial charge in [-0.15, -0.1) is 0 Å². The molecule has 0 unspecified atom stereocenters. The predicted octanol–water partition coefficient (Wildman–Crippen LogP) is 5.31. The van der Waals surface area contributed by atoms with E-state index in [1.54, 1.807) is 7.11 Å². The Morgan fingerprint density at radius 2 is 1.31 bits per heavy atom. The molecule has 0 aromatic heterocycles. The van der Waals surface area contributed by atoms with Crippen LogP contribution in [0.15, 0.2) is 109 Å². The lowest BCUT2D eigenvalue weighted by atomic mass is 9.82. The lowest BCUT2D eigenvalue weighted by Gasteiger charge is -2.28. The van der Waals surface area contributed by atoms with Crippen molar-refractivity contribution in [3.8, 4) is 11.1 Å². The molecule has 5 rings (SSSR count). The topological polar surface area (TPSA) is 65.4 Å². The van der Waals surface area contributed by atoms with Crippen LogP contribution in [0.4, 0.5) is 0 Å². The largest absolute Gasteiger partial charge is 0.380 e. The Kier molecular flexibility index (Phi) is 6.17. The average Bonchev–Trinajstić information content (AvgIpc) is 3.16. The van der Waals surface area contributed by atoms with E-state index in [4.69, 9.17) is 10.1 Å². The molecular formula is C30H27N3O2. The molecule has 0 bridgehead atoms. The van der Waals surface area contributed by atoms with Gasteiger partial charge in [0.1, 0.15) is 0 Å². The van der Waals surface area contributed by atoms with Crippen LogP contribution in [0.2, 0.25) is 0 Å². The Balaban J connectivity index is 1.48. The predicted molar refractivity (Wildman–Crippen MR) is 138 cm³/mol. The number of rotatable bonds is 7. The van der Waals surface area contributed by atoms with Crippen LogP contribution in [0.5, 0.6) is 0 Å². The van der Waals surface area contributed by atoms with E-state index in [0.717, 1.165) is 33.4 Å². The second-order valence-corrected chi connectivity index (χ2v) is 8.68. The Hall–Kier alpha value is -4.22. The van der Waals surface area contributed by atoms with Gasteiger partial charge in [-0.3, -0.25) is 15.1 Å². The second-order valence-electron chi connectivity index (χ2n) is 8.68. The molecule has 5 nitrogen and oxygen atoms in total. The Morgan fingerprint density at radius 3 is 1.89 bits per heavy atom. The third-order valence-corrected chi connectivity index (χ3v) is 6.39. The maximum atomic E-state index is 14.0. The van der Waals surface area contributed by atoms with Crippen molar-refractivity contribution < 1.29 is 9.53 Å². The van der Waals surface area contributed by atoms with Crippen LogP contribution >= 0.6 is 0 Å². The summed E-state index contributed by atoms with van der Waals surface area (Å²) in [6.45, 7) is 0.859. The average molecular weight is 462 g/mol. The molecule has 1 amide bonds. The highest BCUT2D eigenvalue weighted by Gasteiger charge is 2.52. The van der Waals surface area contributed by atoms with E-state index in [-0.39, 0.29) is 11.9 Å². The van der Waals surface area contributed by atoms with E-state index in [1.165, 1.54) is 4.90 Å². The van der Waals surface area contributed by atoms with Crippen molar-refractivity contribution in [3.63, 3.8) is 0 Å². The number of amides is 1. The summed E-state index contributed by atoms with van der Waals surface area (Å²) in [5.74, 6) is -0.0670. The van der Waals surface area contributed by atoms with Crippen LogP contribution in [0, 0.1) is 5.41 Å². The van der Waals surface area contributed by atoms with Gasteiger partial charge in [0.2, 0.25) is 0 Å². The minimum Gasteiger partial charge on any atom is -0.380 e. The number of methoxy groups -OCH3 is 1. The van der Waals surface area contributed by atoms with E-state index < -0.39 is 5.54 Å². The van der Waals surface area contributed by atoms with Crippen molar-refractivity contribution in [1.82, 2.24) is 10.2 Å². The fourth-order valence-corrected chi connectivity index (χ4v) is 4.73. The van der Waals surface area contributed by atoms with Crippen LogP contribution in [-0.4, -0.2) is 23.9 Å². The summed E-state index contributed by atoms with van der Waals surface area (Å²) in [7, 11) is 1.69. The highest BCUT2D eigenvalue weighted by molar-refractivity contribution is 6.10. The molecule has 2 N–H and O–H groups in total. The van der Waals surface area contributed by atoms with Crippen molar-refractivity contribution in [2.75, 3.05) is 7.11 Å². The van der Waals surface area contributed by atoms with Gasteiger partial charge in [0.05, 0.1) is 13.2 Å². The van der Waals surface area contributed by atoms with Gasteiger partial charge in [-0.05, 0) is 45.5 Å². The molecule has 1 heterocycles. The molecule has 35 heavy (non-hydrogen) atoms. The number of hydrogen-bond acceptors (Lipinski definition) is 3. The van der Waals surface area contributed by atoms with E-state index in [2.05, 4.69) is 29.6 Å². The molecule has 0 aliphatic carbocycles. The first kappa shape index (κ1) is 22.6. The van der Waals surface area contributed by atoms with Crippen LogP contribution in [0.1, 0.15) is 22.3 Å². The Bertz CT molecular complexity index is 1310. The van der Waals surface area contributed by atoms with Gasteiger partial charge in [-0.1, -0.05) is 97.1 Å². The molecule has 1 aliphatic heterocycles. The lowest BCUT2D eigenvalue weighted by Crippen LogP contribution is -2.45. The fourth-order valence-electron chi connectivity index (χ4n) is 4.73. The first-order chi connectivity index (χ1) is 17.1. The quantitative estimate of drug-likeness (QED) is 0.392. The minimum absolute atomic E-state index is 0.0928. The summed E-state index contributed by atoms with van der Waals surface area (Å²) >= 11 is 0. The molecule has 1 fully saturated rings. The molecule has 174 valence electrons. The molecule has 4 aromatic rings. The number of nitrogens with one attached hydrogen (secondary N) is 2. The summed E-state index contributed by atoms with van der Waals surface area (Å²) in [5.41, 5.74) is 4.70. The lowest BCUT2D eigenvalue weighted by molar-refractivity contribution is -0.130. The molecule has 0 saturated carbocycles. The molecule has 0 spiro atoms.